The van der Waals surface area contributed by atoms with E-state index in [1.54, 1.807) is 0 Å². The first kappa shape index (κ1) is 18.2. The van der Waals surface area contributed by atoms with E-state index in [9.17, 15) is 0 Å². The number of nitrogens with one attached hydrogen (secondary N) is 1. The molecule has 0 amide bonds. The second-order valence-corrected chi connectivity index (χ2v) is 7.83. The number of rotatable bonds is 5. The van der Waals surface area contributed by atoms with E-state index in [0.29, 0.717) is 0 Å². The van der Waals surface area contributed by atoms with Crippen molar-refractivity contribution in [2.75, 3.05) is 6.54 Å². The topological polar surface area (TPSA) is 41.3 Å². The monoisotopic (exact) mass is 441 g/mol. The average molecular weight is 442 g/mol. The first-order chi connectivity index (χ1) is 13.2. The highest BCUT2D eigenvalue weighted by atomic mass is 79.9. The fourth-order valence-electron chi connectivity index (χ4n) is 3.48. The molecule has 3 aromatic rings. The molecule has 138 valence electrons. The molecule has 27 heavy (non-hydrogen) atoms. The Hall–Kier alpha value is -2.18. The average Bonchev–Trinajstić information content (AvgIpc) is 3.29. The second-order valence-electron chi connectivity index (χ2n) is 6.53. The highest BCUT2D eigenvalue weighted by molar-refractivity contribution is 9.10. The van der Waals surface area contributed by atoms with Crippen LogP contribution in [0.25, 0.3) is 11.3 Å². The summed E-state index contributed by atoms with van der Waals surface area (Å²) in [5, 5.41) is 4.19. The number of aromatic nitrogens is 1. The van der Waals surface area contributed by atoms with Gasteiger partial charge in [0.2, 0.25) is 0 Å². The lowest BCUT2D eigenvalue weighted by Gasteiger charge is -2.25. The summed E-state index contributed by atoms with van der Waals surface area (Å²) in [6.07, 6.45) is 2.82. The van der Waals surface area contributed by atoms with E-state index in [-0.39, 0.29) is 12.1 Å². The van der Waals surface area contributed by atoms with Gasteiger partial charge in [-0.1, -0.05) is 41.1 Å². The van der Waals surface area contributed by atoms with E-state index in [1.807, 2.05) is 54.7 Å². The molecule has 1 aromatic carbocycles. The molecule has 1 N–H and O–H groups in total. The molecular formula is C21H20BrN3OS. The number of furan rings is 1. The molecule has 0 saturated carbocycles. The van der Waals surface area contributed by atoms with Crippen molar-refractivity contribution in [3.05, 3.63) is 76.7 Å². The molecule has 1 fully saturated rings. The molecule has 3 heterocycles. The van der Waals surface area contributed by atoms with Gasteiger partial charge in [0.25, 0.3) is 0 Å². The Morgan fingerprint density at radius 3 is 2.67 bits per heavy atom. The minimum atomic E-state index is -0.0332. The van der Waals surface area contributed by atoms with Crippen LogP contribution in [0.4, 0.5) is 0 Å². The quantitative estimate of drug-likeness (QED) is 0.530. The van der Waals surface area contributed by atoms with Gasteiger partial charge in [-0.15, -0.1) is 0 Å². The Labute approximate surface area is 172 Å². The van der Waals surface area contributed by atoms with Gasteiger partial charge in [-0.3, -0.25) is 4.98 Å². The van der Waals surface area contributed by atoms with Gasteiger partial charge in [-0.25, -0.2) is 0 Å². The van der Waals surface area contributed by atoms with E-state index in [0.717, 1.165) is 45.3 Å². The first-order valence-corrected chi connectivity index (χ1v) is 10.2. The highest BCUT2D eigenvalue weighted by Gasteiger charge is 2.41. The molecule has 1 aliphatic heterocycles. The Morgan fingerprint density at radius 1 is 1.15 bits per heavy atom. The number of thiocarbonyl (C=S) groups is 1. The lowest BCUT2D eigenvalue weighted by Crippen LogP contribution is -2.30. The molecule has 4 rings (SSSR count). The maximum Gasteiger partial charge on any atom is 0.170 e. The van der Waals surface area contributed by atoms with E-state index in [2.05, 4.69) is 44.1 Å². The number of halogens is 1. The molecule has 0 radical (unpaired) electrons. The minimum Gasteiger partial charge on any atom is -0.459 e. The second kappa shape index (κ2) is 7.82. The van der Waals surface area contributed by atoms with Crippen LogP contribution in [0.5, 0.6) is 0 Å². The molecule has 0 unspecified atom stereocenters. The van der Waals surface area contributed by atoms with Gasteiger partial charge in [0, 0.05) is 22.8 Å². The maximum atomic E-state index is 6.29. The number of pyridine rings is 1. The maximum absolute atomic E-state index is 6.29. The van der Waals surface area contributed by atoms with Gasteiger partial charge in [-0.05, 0) is 55.0 Å². The number of hydrogen-bond donors (Lipinski definition) is 1. The molecule has 1 saturated heterocycles. The Balaban J connectivity index is 1.71. The van der Waals surface area contributed by atoms with E-state index in [1.165, 1.54) is 0 Å². The van der Waals surface area contributed by atoms with E-state index in [4.69, 9.17) is 16.6 Å². The van der Waals surface area contributed by atoms with E-state index >= 15 is 0 Å². The summed E-state index contributed by atoms with van der Waals surface area (Å²) in [6.45, 7) is 3.03. The fraction of sp³-hybridized carbons (Fsp3) is 0.238. The Kier molecular flexibility index (Phi) is 5.27. The number of benzene rings is 1. The molecule has 6 heteroatoms. The van der Waals surface area contributed by atoms with E-state index < -0.39 is 0 Å². The van der Waals surface area contributed by atoms with Crippen LogP contribution in [0.2, 0.25) is 0 Å². The zero-order valence-electron chi connectivity index (χ0n) is 14.9. The SMILES string of the molecule is CCCN1C(=S)N[C@H](c2ccccn2)[C@H]1c1ccc(-c2ccc(Br)cc2)o1. The molecule has 1 aliphatic rings. The van der Waals surface area contributed by atoms with Gasteiger partial charge >= 0.3 is 0 Å². The Bertz CT molecular complexity index is 926. The first-order valence-electron chi connectivity index (χ1n) is 9.01. The van der Waals surface area contributed by atoms with Crippen molar-refractivity contribution < 1.29 is 4.42 Å². The van der Waals surface area contributed by atoms with Gasteiger partial charge in [-0.2, -0.15) is 0 Å². The highest BCUT2D eigenvalue weighted by Crippen LogP contribution is 2.40. The molecule has 2 aromatic heterocycles. The third-order valence-electron chi connectivity index (χ3n) is 4.71. The summed E-state index contributed by atoms with van der Waals surface area (Å²) >= 11 is 9.09. The lowest BCUT2D eigenvalue weighted by atomic mass is 10.0. The summed E-state index contributed by atoms with van der Waals surface area (Å²) in [7, 11) is 0. The van der Waals surface area contributed by atoms with Gasteiger partial charge < -0.3 is 14.6 Å². The van der Waals surface area contributed by atoms with Crippen molar-refractivity contribution in [3.8, 4) is 11.3 Å². The third-order valence-corrected chi connectivity index (χ3v) is 5.59. The van der Waals surface area contributed by atoms with Gasteiger partial charge in [0.05, 0.1) is 11.7 Å². The van der Waals surface area contributed by atoms with Crippen molar-refractivity contribution in [2.45, 2.75) is 25.4 Å². The Morgan fingerprint density at radius 2 is 1.96 bits per heavy atom. The summed E-state index contributed by atoms with van der Waals surface area (Å²) in [5.41, 5.74) is 2.01. The van der Waals surface area contributed by atoms with Crippen molar-refractivity contribution in [2.24, 2.45) is 0 Å². The summed E-state index contributed by atoms with van der Waals surface area (Å²) in [6, 6.07) is 18.1. The number of nitrogens with zero attached hydrogens (tertiary/aromatic N) is 2. The standard InChI is InChI=1S/C21H20BrN3OS/c1-2-13-25-20(19(24-21(25)27)16-5-3-4-12-23-16)18-11-10-17(26-18)14-6-8-15(22)9-7-14/h3-12,19-20H,2,13H2,1H3,(H,24,27)/t19-,20-/m1/s1. The van der Waals surface area contributed by atoms with Crippen LogP contribution in [0.3, 0.4) is 0 Å². The molecular weight excluding hydrogens is 422 g/mol. The predicted octanol–water partition coefficient (Wildman–Crippen LogP) is 5.49. The number of hydrogen-bond acceptors (Lipinski definition) is 3. The molecule has 0 spiro atoms. The summed E-state index contributed by atoms with van der Waals surface area (Å²) in [4.78, 5) is 6.75. The molecule has 0 aliphatic carbocycles. The van der Waals surface area contributed by atoms with Gasteiger partial charge in [0.15, 0.2) is 5.11 Å². The van der Waals surface area contributed by atoms with Crippen LogP contribution in [-0.2, 0) is 0 Å². The van der Waals surface area contributed by atoms with Crippen LogP contribution >= 0.6 is 28.1 Å². The van der Waals surface area contributed by atoms with Crippen LogP contribution < -0.4 is 5.32 Å². The molecule has 2 atom stereocenters. The normalized spacial score (nSPS) is 19.3. The largest absolute Gasteiger partial charge is 0.459 e. The van der Waals surface area contributed by atoms with Crippen LogP contribution in [0.1, 0.15) is 36.9 Å². The van der Waals surface area contributed by atoms with Crippen molar-refractivity contribution in [1.29, 1.82) is 0 Å². The zero-order chi connectivity index (χ0) is 18.8. The van der Waals surface area contributed by atoms with Crippen molar-refractivity contribution in [3.63, 3.8) is 0 Å². The predicted molar refractivity (Wildman–Crippen MR) is 114 cm³/mol. The summed E-state index contributed by atoms with van der Waals surface area (Å²) < 4.78 is 7.33. The van der Waals surface area contributed by atoms with Gasteiger partial charge in [0.1, 0.15) is 17.6 Å². The molecule has 0 bridgehead atoms. The van der Waals surface area contributed by atoms with Crippen LogP contribution in [0, 0.1) is 0 Å². The van der Waals surface area contributed by atoms with Crippen LogP contribution in [-0.4, -0.2) is 21.5 Å². The summed E-state index contributed by atoms with van der Waals surface area (Å²) in [5.74, 6) is 1.75. The fourth-order valence-corrected chi connectivity index (χ4v) is 4.07. The smallest absolute Gasteiger partial charge is 0.170 e. The zero-order valence-corrected chi connectivity index (χ0v) is 17.3. The molecule has 4 nitrogen and oxygen atoms in total. The minimum absolute atomic E-state index is 0.0171. The third kappa shape index (κ3) is 3.64. The van der Waals surface area contributed by atoms with Crippen LogP contribution in [0.15, 0.2) is 69.7 Å². The lowest BCUT2D eigenvalue weighted by molar-refractivity contribution is 0.275. The van der Waals surface area contributed by atoms with Crippen molar-refractivity contribution in [1.82, 2.24) is 15.2 Å². The van der Waals surface area contributed by atoms with Crippen molar-refractivity contribution >= 4 is 33.3 Å².